The van der Waals surface area contributed by atoms with Gasteiger partial charge < -0.3 is 20.5 Å². The first-order chi connectivity index (χ1) is 13.5. The average Bonchev–Trinajstić information content (AvgIpc) is 3.09. The van der Waals surface area contributed by atoms with E-state index in [-0.39, 0.29) is 11.0 Å². The molecule has 1 aromatic heterocycles. The van der Waals surface area contributed by atoms with Crippen LogP contribution in [0, 0.1) is 0 Å². The van der Waals surface area contributed by atoms with Crippen molar-refractivity contribution in [1.82, 2.24) is 0 Å². The van der Waals surface area contributed by atoms with Crippen molar-refractivity contribution in [2.24, 2.45) is 5.73 Å². The fraction of sp³-hybridized carbons (Fsp3) is 0.381. The molecule has 0 saturated heterocycles. The number of ether oxygens (including phenoxy) is 2. The standard InChI is InChI=1S/C21H26N2O5S/c1-12(18(25)23-19-16(17(22)24)10-11-29-19)28-20(26)13(2)27-15-8-6-14(7-9-15)21(3,4)5/h6-13H,1-5H3,(H2,22,24)(H,23,25)/t12-,13-/m0/s1. The van der Waals surface area contributed by atoms with Gasteiger partial charge in [-0.15, -0.1) is 11.3 Å². The van der Waals surface area contributed by atoms with Crippen LogP contribution in [0.15, 0.2) is 35.7 Å². The first-order valence-electron chi connectivity index (χ1n) is 9.15. The summed E-state index contributed by atoms with van der Waals surface area (Å²) >= 11 is 1.16. The van der Waals surface area contributed by atoms with E-state index in [1.807, 2.05) is 12.1 Å². The number of benzene rings is 1. The number of thiophene rings is 1. The number of esters is 1. The van der Waals surface area contributed by atoms with Crippen LogP contribution in [0.5, 0.6) is 5.75 Å². The third-order valence-electron chi connectivity index (χ3n) is 4.19. The zero-order chi connectivity index (χ0) is 21.8. The van der Waals surface area contributed by atoms with Gasteiger partial charge in [-0.25, -0.2) is 4.79 Å². The monoisotopic (exact) mass is 418 g/mol. The minimum absolute atomic E-state index is 0.0167. The summed E-state index contributed by atoms with van der Waals surface area (Å²) < 4.78 is 10.8. The number of anilines is 1. The van der Waals surface area contributed by atoms with E-state index in [4.69, 9.17) is 15.2 Å². The molecular weight excluding hydrogens is 392 g/mol. The van der Waals surface area contributed by atoms with E-state index in [1.54, 1.807) is 24.4 Å². The maximum atomic E-state index is 12.3. The Morgan fingerprint density at radius 3 is 2.21 bits per heavy atom. The Balaban J connectivity index is 1.92. The number of nitrogens with one attached hydrogen (secondary N) is 1. The molecule has 0 aliphatic rings. The van der Waals surface area contributed by atoms with E-state index in [0.717, 1.165) is 16.9 Å². The molecule has 2 atom stereocenters. The van der Waals surface area contributed by atoms with Crippen molar-refractivity contribution in [1.29, 1.82) is 0 Å². The molecule has 29 heavy (non-hydrogen) atoms. The maximum Gasteiger partial charge on any atom is 0.347 e. The number of amides is 2. The van der Waals surface area contributed by atoms with E-state index >= 15 is 0 Å². The highest BCUT2D eigenvalue weighted by Gasteiger charge is 2.24. The summed E-state index contributed by atoms with van der Waals surface area (Å²) in [6.07, 6.45) is -1.96. The summed E-state index contributed by atoms with van der Waals surface area (Å²) in [5.41, 5.74) is 6.62. The lowest BCUT2D eigenvalue weighted by molar-refractivity contribution is -0.159. The van der Waals surface area contributed by atoms with Gasteiger partial charge in [0.05, 0.1) is 5.56 Å². The van der Waals surface area contributed by atoms with Crippen LogP contribution in [0.3, 0.4) is 0 Å². The topological polar surface area (TPSA) is 108 Å². The van der Waals surface area contributed by atoms with Crippen LogP contribution in [-0.4, -0.2) is 30.0 Å². The van der Waals surface area contributed by atoms with Gasteiger partial charge in [0.25, 0.3) is 11.8 Å². The van der Waals surface area contributed by atoms with Gasteiger partial charge in [0.15, 0.2) is 12.2 Å². The second-order valence-electron chi connectivity index (χ2n) is 7.63. The molecule has 8 heteroatoms. The molecule has 0 saturated carbocycles. The Labute approximate surface area is 174 Å². The number of hydrogen-bond donors (Lipinski definition) is 2. The van der Waals surface area contributed by atoms with Gasteiger partial charge in [0, 0.05) is 0 Å². The molecule has 0 aliphatic heterocycles. The molecule has 2 aromatic rings. The Hall–Kier alpha value is -2.87. The molecule has 0 spiro atoms. The van der Waals surface area contributed by atoms with Gasteiger partial charge in [0.2, 0.25) is 0 Å². The first kappa shape index (κ1) is 22.4. The average molecular weight is 419 g/mol. The second-order valence-corrected chi connectivity index (χ2v) is 8.55. The molecular formula is C21H26N2O5S. The Kier molecular flexibility index (Phi) is 7.02. The number of primary amides is 1. The van der Waals surface area contributed by atoms with Gasteiger partial charge in [0.1, 0.15) is 10.8 Å². The fourth-order valence-corrected chi connectivity index (χ4v) is 3.22. The molecule has 0 fully saturated rings. The predicted molar refractivity (Wildman–Crippen MR) is 112 cm³/mol. The lowest BCUT2D eigenvalue weighted by Gasteiger charge is -2.20. The minimum atomic E-state index is -1.07. The summed E-state index contributed by atoms with van der Waals surface area (Å²) in [6, 6.07) is 8.99. The van der Waals surface area contributed by atoms with Crippen molar-refractivity contribution in [3.05, 3.63) is 46.8 Å². The minimum Gasteiger partial charge on any atom is -0.479 e. The first-order valence-corrected chi connectivity index (χ1v) is 10.0. The van der Waals surface area contributed by atoms with Gasteiger partial charge >= 0.3 is 5.97 Å². The van der Waals surface area contributed by atoms with Crippen LogP contribution in [0.25, 0.3) is 0 Å². The highest BCUT2D eigenvalue weighted by atomic mass is 32.1. The van der Waals surface area contributed by atoms with Crippen molar-refractivity contribution < 1.29 is 23.9 Å². The SMILES string of the molecule is C[C@H](OC(=O)[C@H](C)Oc1ccc(C(C)(C)C)cc1)C(=O)Nc1sccc1C(N)=O. The maximum absolute atomic E-state index is 12.3. The smallest absolute Gasteiger partial charge is 0.347 e. The second kappa shape index (κ2) is 9.09. The van der Waals surface area contributed by atoms with E-state index in [2.05, 4.69) is 26.1 Å². The molecule has 1 heterocycles. The number of hydrogen-bond acceptors (Lipinski definition) is 6. The molecule has 0 radical (unpaired) electrons. The summed E-state index contributed by atoms with van der Waals surface area (Å²) in [7, 11) is 0. The van der Waals surface area contributed by atoms with Crippen molar-refractivity contribution in [3.8, 4) is 5.75 Å². The van der Waals surface area contributed by atoms with Crippen LogP contribution < -0.4 is 15.8 Å². The molecule has 2 rings (SSSR count). The van der Waals surface area contributed by atoms with E-state index in [1.165, 1.54) is 13.0 Å². The molecule has 3 N–H and O–H groups in total. The number of carbonyl (C=O) groups is 3. The van der Waals surface area contributed by atoms with Crippen LogP contribution in [-0.2, 0) is 19.7 Å². The third-order valence-corrected chi connectivity index (χ3v) is 5.02. The molecule has 7 nitrogen and oxygen atoms in total. The van der Waals surface area contributed by atoms with Crippen molar-refractivity contribution in [2.75, 3.05) is 5.32 Å². The van der Waals surface area contributed by atoms with E-state index in [9.17, 15) is 14.4 Å². The van der Waals surface area contributed by atoms with E-state index in [0.29, 0.717) is 10.8 Å². The highest BCUT2D eigenvalue weighted by Crippen LogP contribution is 2.25. The molecule has 0 aliphatic carbocycles. The highest BCUT2D eigenvalue weighted by molar-refractivity contribution is 7.14. The summed E-state index contributed by atoms with van der Waals surface area (Å²) in [6.45, 7) is 9.32. The van der Waals surface area contributed by atoms with Gasteiger partial charge in [-0.05, 0) is 48.4 Å². The van der Waals surface area contributed by atoms with Crippen molar-refractivity contribution in [3.63, 3.8) is 0 Å². The lowest BCUT2D eigenvalue weighted by atomic mass is 9.87. The molecule has 0 unspecified atom stereocenters. The van der Waals surface area contributed by atoms with Crippen LogP contribution >= 0.6 is 11.3 Å². The zero-order valence-corrected chi connectivity index (χ0v) is 18.0. The summed E-state index contributed by atoms with van der Waals surface area (Å²) in [5, 5.41) is 4.49. The number of nitrogens with two attached hydrogens (primary N) is 1. The van der Waals surface area contributed by atoms with Gasteiger partial charge in [-0.1, -0.05) is 32.9 Å². The van der Waals surface area contributed by atoms with Crippen LogP contribution in [0.4, 0.5) is 5.00 Å². The molecule has 2 amide bonds. The Bertz CT molecular complexity index is 883. The predicted octanol–water partition coefficient (Wildman–Crippen LogP) is 3.48. The van der Waals surface area contributed by atoms with E-state index < -0.39 is 30.0 Å². The van der Waals surface area contributed by atoms with Crippen molar-refractivity contribution >= 4 is 34.1 Å². The van der Waals surface area contributed by atoms with Crippen LogP contribution in [0.2, 0.25) is 0 Å². The largest absolute Gasteiger partial charge is 0.479 e. The van der Waals surface area contributed by atoms with Crippen molar-refractivity contribution in [2.45, 2.75) is 52.2 Å². The number of carbonyl (C=O) groups excluding carboxylic acids is 3. The summed E-state index contributed by atoms with van der Waals surface area (Å²) in [4.78, 5) is 35.9. The Morgan fingerprint density at radius 1 is 1.03 bits per heavy atom. The molecule has 0 bridgehead atoms. The molecule has 156 valence electrons. The summed E-state index contributed by atoms with van der Waals surface area (Å²) in [5.74, 6) is -1.35. The van der Waals surface area contributed by atoms with Gasteiger partial charge in [-0.3, -0.25) is 9.59 Å². The zero-order valence-electron chi connectivity index (χ0n) is 17.1. The normalized spacial score (nSPS) is 13.3. The number of rotatable bonds is 7. The molecule has 1 aromatic carbocycles. The quantitative estimate of drug-likeness (QED) is 0.669. The Morgan fingerprint density at radius 2 is 1.66 bits per heavy atom. The van der Waals surface area contributed by atoms with Crippen LogP contribution in [0.1, 0.15) is 50.5 Å². The fourth-order valence-electron chi connectivity index (χ4n) is 2.42. The third kappa shape index (κ3) is 6.05. The lowest BCUT2D eigenvalue weighted by Crippen LogP contribution is -2.35. The van der Waals surface area contributed by atoms with Gasteiger partial charge in [-0.2, -0.15) is 0 Å².